The van der Waals surface area contributed by atoms with Crippen molar-refractivity contribution in [2.45, 2.75) is 58.0 Å². The van der Waals surface area contributed by atoms with Gasteiger partial charge in [-0.2, -0.15) is 4.98 Å². The predicted molar refractivity (Wildman–Crippen MR) is 175 cm³/mol. The molecular weight excluding hydrogens is 590 g/mol. The van der Waals surface area contributed by atoms with Crippen molar-refractivity contribution in [2.24, 2.45) is 10.8 Å². The van der Waals surface area contributed by atoms with Crippen LogP contribution in [0.15, 0.2) is 42.5 Å². The van der Waals surface area contributed by atoms with Crippen LogP contribution in [-0.2, 0) is 29.0 Å². The van der Waals surface area contributed by atoms with Crippen LogP contribution < -0.4 is 15.4 Å². The SMILES string of the molecule is Nc1nc2c(c(N3CCN(CCOCC45CCC(C(=O)O)(CC4)CC5)CC3)n1)CCc1cc(OCc3ccc(Cl)cc3)ccc1-2. The monoisotopic (exact) mass is 631 g/mol. The molecule has 0 amide bonds. The maximum absolute atomic E-state index is 11.7. The molecule has 8 rings (SSSR count). The lowest BCUT2D eigenvalue weighted by Gasteiger charge is -2.51. The molecule has 9 nitrogen and oxygen atoms in total. The van der Waals surface area contributed by atoms with Gasteiger partial charge in [-0.05, 0) is 98.2 Å². The van der Waals surface area contributed by atoms with Crippen LogP contribution in [0.2, 0.25) is 5.02 Å². The van der Waals surface area contributed by atoms with Crippen molar-refractivity contribution in [2.75, 3.05) is 56.6 Å². The first-order valence-electron chi connectivity index (χ1n) is 16.3. The Balaban J connectivity index is 0.928. The highest BCUT2D eigenvalue weighted by molar-refractivity contribution is 6.30. The standard InChI is InChI=1S/C35H42ClN5O4/c36-26-4-1-24(2-5-26)22-45-27-6-8-28-25(21-27)3-7-29-30(28)38-33(37)39-31(29)41-17-15-40(16-18-41)19-20-44-23-34-9-12-35(13-10-34,14-11-34)32(42)43/h1-2,4-6,8,21H,3,7,9-20,22-23H2,(H,42,43)(H2,37,38,39). The van der Waals surface area contributed by atoms with Crippen LogP contribution in [-0.4, -0.2) is 71.9 Å². The number of nitrogens with two attached hydrogens (primary N) is 1. The minimum Gasteiger partial charge on any atom is -0.489 e. The van der Waals surface area contributed by atoms with Crippen molar-refractivity contribution in [1.29, 1.82) is 0 Å². The van der Waals surface area contributed by atoms with E-state index in [4.69, 9.17) is 36.8 Å². The number of aryl methyl sites for hydroxylation is 1. The van der Waals surface area contributed by atoms with Crippen molar-refractivity contribution in [3.05, 3.63) is 64.2 Å². The number of hydrogen-bond donors (Lipinski definition) is 2. The van der Waals surface area contributed by atoms with Crippen LogP contribution in [0.1, 0.15) is 55.2 Å². The summed E-state index contributed by atoms with van der Waals surface area (Å²) in [5.74, 6) is 1.51. The number of ether oxygens (including phenoxy) is 2. The first-order valence-corrected chi connectivity index (χ1v) is 16.6. The van der Waals surface area contributed by atoms with Crippen molar-refractivity contribution in [3.63, 3.8) is 0 Å². The summed E-state index contributed by atoms with van der Waals surface area (Å²) in [4.78, 5) is 26.0. The highest BCUT2D eigenvalue weighted by Crippen LogP contribution is 2.57. The third kappa shape index (κ3) is 6.22. The van der Waals surface area contributed by atoms with E-state index in [9.17, 15) is 9.90 Å². The molecule has 2 heterocycles. The predicted octanol–water partition coefficient (Wildman–Crippen LogP) is 5.62. The fourth-order valence-corrected chi connectivity index (χ4v) is 7.90. The summed E-state index contributed by atoms with van der Waals surface area (Å²) in [5, 5.41) is 10.4. The van der Waals surface area contributed by atoms with Crippen LogP contribution in [0.5, 0.6) is 5.75 Å². The Morgan fingerprint density at radius 3 is 2.40 bits per heavy atom. The zero-order valence-corrected chi connectivity index (χ0v) is 26.5. The smallest absolute Gasteiger partial charge is 0.309 e. The quantitative estimate of drug-likeness (QED) is 0.275. The Labute approximate surface area is 269 Å². The number of carboxylic acids is 1. The number of halogens is 1. The van der Waals surface area contributed by atoms with Crippen LogP contribution in [0, 0.1) is 10.8 Å². The van der Waals surface area contributed by atoms with E-state index in [0.717, 1.165) is 124 Å². The van der Waals surface area contributed by atoms with Gasteiger partial charge in [0.25, 0.3) is 0 Å². The first kappa shape index (κ1) is 30.3. The summed E-state index contributed by atoms with van der Waals surface area (Å²) in [7, 11) is 0. The number of benzene rings is 2. The van der Waals surface area contributed by atoms with Gasteiger partial charge in [0.2, 0.25) is 5.95 Å². The largest absolute Gasteiger partial charge is 0.489 e. The van der Waals surface area contributed by atoms with Gasteiger partial charge in [-0.3, -0.25) is 9.69 Å². The Kier molecular flexibility index (Phi) is 8.35. The number of carboxylic acid groups (broad SMARTS) is 1. The number of nitrogens with zero attached hydrogens (tertiary/aromatic N) is 4. The van der Waals surface area contributed by atoms with Gasteiger partial charge in [-0.1, -0.05) is 23.7 Å². The van der Waals surface area contributed by atoms with Gasteiger partial charge in [0.15, 0.2) is 0 Å². The molecule has 4 aliphatic carbocycles. The Hall–Kier alpha value is -3.40. The number of anilines is 2. The molecule has 2 bridgehead atoms. The van der Waals surface area contributed by atoms with E-state index in [1.54, 1.807) is 0 Å². The summed E-state index contributed by atoms with van der Waals surface area (Å²) in [5.41, 5.74) is 11.5. The van der Waals surface area contributed by atoms with Gasteiger partial charge in [-0.15, -0.1) is 0 Å². The molecule has 1 saturated heterocycles. The molecule has 0 radical (unpaired) electrons. The highest BCUT2D eigenvalue weighted by atomic mass is 35.5. The van der Waals surface area contributed by atoms with E-state index in [1.165, 1.54) is 11.1 Å². The topological polar surface area (TPSA) is 114 Å². The molecule has 4 fully saturated rings. The zero-order valence-electron chi connectivity index (χ0n) is 25.8. The lowest BCUT2D eigenvalue weighted by atomic mass is 9.54. The number of rotatable bonds is 10. The van der Waals surface area contributed by atoms with E-state index in [2.05, 4.69) is 21.9 Å². The van der Waals surface area contributed by atoms with E-state index in [1.807, 2.05) is 30.3 Å². The Morgan fingerprint density at radius 1 is 0.956 bits per heavy atom. The number of carbonyl (C=O) groups is 1. The molecule has 3 saturated carbocycles. The number of aromatic nitrogens is 2. The zero-order chi connectivity index (χ0) is 31.0. The van der Waals surface area contributed by atoms with Gasteiger partial charge in [0.05, 0.1) is 24.3 Å². The maximum Gasteiger partial charge on any atom is 0.309 e. The summed E-state index contributed by atoms with van der Waals surface area (Å²) in [6.07, 6.45) is 7.11. The lowest BCUT2D eigenvalue weighted by Crippen LogP contribution is -2.49. The minimum atomic E-state index is -0.600. The van der Waals surface area contributed by atoms with Crippen molar-refractivity contribution >= 4 is 29.3 Å². The molecule has 1 aromatic heterocycles. The molecule has 0 atom stereocenters. The number of aliphatic carboxylic acids is 1. The van der Waals surface area contributed by atoms with Gasteiger partial charge in [0, 0.05) is 48.9 Å². The molecule has 2 aromatic carbocycles. The van der Waals surface area contributed by atoms with Gasteiger partial charge in [-0.25, -0.2) is 4.98 Å². The second-order valence-corrected chi connectivity index (χ2v) is 13.9. The first-order chi connectivity index (χ1) is 21.8. The molecule has 3 aromatic rings. The third-order valence-corrected chi connectivity index (χ3v) is 11.0. The van der Waals surface area contributed by atoms with E-state index in [0.29, 0.717) is 19.2 Å². The Morgan fingerprint density at radius 2 is 1.69 bits per heavy atom. The lowest BCUT2D eigenvalue weighted by molar-refractivity contribution is -0.161. The minimum absolute atomic E-state index is 0.187. The van der Waals surface area contributed by atoms with Crippen LogP contribution in [0.3, 0.4) is 0 Å². The second-order valence-electron chi connectivity index (χ2n) is 13.4. The number of nitrogen functional groups attached to an aromatic ring is 1. The Bertz CT molecular complexity index is 1530. The summed E-state index contributed by atoms with van der Waals surface area (Å²) >= 11 is 6.01. The van der Waals surface area contributed by atoms with E-state index < -0.39 is 11.4 Å². The average molecular weight is 632 g/mol. The average Bonchev–Trinajstić information content (AvgIpc) is 3.07. The normalized spacial score (nSPS) is 24.2. The number of hydrogen-bond acceptors (Lipinski definition) is 8. The molecular formula is C35H42ClN5O4. The van der Waals surface area contributed by atoms with Crippen molar-refractivity contribution in [1.82, 2.24) is 14.9 Å². The molecule has 3 N–H and O–H groups in total. The second kappa shape index (κ2) is 12.4. The summed E-state index contributed by atoms with van der Waals surface area (Å²) in [6.45, 7) is 6.51. The van der Waals surface area contributed by atoms with Crippen molar-refractivity contribution < 1.29 is 19.4 Å². The molecule has 10 heteroatoms. The molecule has 1 aliphatic heterocycles. The van der Waals surface area contributed by atoms with E-state index in [-0.39, 0.29) is 5.41 Å². The van der Waals surface area contributed by atoms with E-state index >= 15 is 0 Å². The fraction of sp³-hybridized carbons (Fsp3) is 0.514. The van der Waals surface area contributed by atoms with Crippen molar-refractivity contribution in [3.8, 4) is 17.0 Å². The third-order valence-electron chi connectivity index (χ3n) is 10.8. The van der Waals surface area contributed by atoms with Crippen LogP contribution >= 0.6 is 11.6 Å². The summed E-state index contributed by atoms with van der Waals surface area (Å²) < 4.78 is 12.3. The van der Waals surface area contributed by atoms with Crippen LogP contribution in [0.4, 0.5) is 11.8 Å². The highest BCUT2D eigenvalue weighted by Gasteiger charge is 2.52. The molecule has 238 valence electrons. The van der Waals surface area contributed by atoms with Gasteiger partial charge < -0.3 is 25.2 Å². The molecule has 45 heavy (non-hydrogen) atoms. The molecule has 0 unspecified atom stereocenters. The van der Waals surface area contributed by atoms with Gasteiger partial charge >= 0.3 is 5.97 Å². The maximum atomic E-state index is 11.7. The van der Waals surface area contributed by atoms with Gasteiger partial charge in [0.1, 0.15) is 18.2 Å². The van der Waals surface area contributed by atoms with Crippen LogP contribution in [0.25, 0.3) is 11.3 Å². The molecule has 5 aliphatic rings. The fourth-order valence-electron chi connectivity index (χ4n) is 7.77. The summed E-state index contributed by atoms with van der Waals surface area (Å²) in [6, 6.07) is 13.9. The number of piperazine rings is 1. The number of fused-ring (bicyclic) bond motifs is 6. The molecule has 0 spiro atoms.